The highest BCUT2D eigenvalue weighted by molar-refractivity contribution is 7.13. The molecule has 1 aromatic rings. The van der Waals surface area contributed by atoms with Crippen molar-refractivity contribution in [2.75, 3.05) is 44.2 Å². The summed E-state index contributed by atoms with van der Waals surface area (Å²) < 4.78 is 0. The Morgan fingerprint density at radius 1 is 1.30 bits per heavy atom. The minimum absolute atomic E-state index is 0.367. The lowest BCUT2D eigenvalue weighted by Crippen LogP contribution is -2.50. The van der Waals surface area contributed by atoms with Crippen LogP contribution < -0.4 is 10.2 Å². The molecular formula is C15H26N4S. The third kappa shape index (κ3) is 3.93. The molecule has 0 radical (unpaired) electrons. The molecule has 2 aliphatic rings. The molecule has 2 fully saturated rings. The van der Waals surface area contributed by atoms with Crippen molar-refractivity contribution in [2.45, 2.75) is 32.7 Å². The Morgan fingerprint density at radius 2 is 2.05 bits per heavy atom. The van der Waals surface area contributed by atoms with Crippen LogP contribution in [0.25, 0.3) is 0 Å². The predicted molar refractivity (Wildman–Crippen MR) is 85.6 cm³/mol. The van der Waals surface area contributed by atoms with Crippen LogP contribution in [-0.4, -0.2) is 55.2 Å². The van der Waals surface area contributed by atoms with Crippen molar-refractivity contribution in [1.29, 1.82) is 0 Å². The summed E-state index contributed by atoms with van der Waals surface area (Å²) in [5, 5.41) is 6.92. The summed E-state index contributed by atoms with van der Waals surface area (Å²) in [7, 11) is 0. The third-order valence-electron chi connectivity index (χ3n) is 4.16. The van der Waals surface area contributed by atoms with Gasteiger partial charge in [0.15, 0.2) is 5.13 Å². The quantitative estimate of drug-likeness (QED) is 0.870. The maximum Gasteiger partial charge on any atom is 0.185 e. The van der Waals surface area contributed by atoms with E-state index in [1.807, 2.05) is 6.20 Å². The average Bonchev–Trinajstić information content (AvgIpc) is 3.10. The van der Waals surface area contributed by atoms with Gasteiger partial charge in [0.05, 0.1) is 0 Å². The van der Waals surface area contributed by atoms with Crippen LogP contribution in [-0.2, 0) is 0 Å². The first-order valence-corrected chi connectivity index (χ1v) is 8.61. The fraction of sp³-hybridized carbons (Fsp3) is 0.800. The van der Waals surface area contributed by atoms with Crippen LogP contribution in [0.4, 0.5) is 5.13 Å². The molecular weight excluding hydrogens is 268 g/mol. The number of hydrogen-bond donors (Lipinski definition) is 1. The SMILES string of the molecule is CC(C)(CNC1CC1)CN1CCN(c2nccs2)CC1. The lowest BCUT2D eigenvalue weighted by molar-refractivity contribution is 0.166. The highest BCUT2D eigenvalue weighted by Gasteiger charge is 2.28. The van der Waals surface area contributed by atoms with E-state index < -0.39 is 0 Å². The largest absolute Gasteiger partial charge is 0.346 e. The fourth-order valence-electron chi connectivity index (χ4n) is 2.84. The Morgan fingerprint density at radius 3 is 2.65 bits per heavy atom. The summed E-state index contributed by atoms with van der Waals surface area (Å²) in [4.78, 5) is 9.43. The van der Waals surface area contributed by atoms with Crippen molar-refractivity contribution in [3.05, 3.63) is 11.6 Å². The molecule has 1 saturated carbocycles. The van der Waals surface area contributed by atoms with Gasteiger partial charge in [0.2, 0.25) is 0 Å². The van der Waals surface area contributed by atoms with E-state index in [0.29, 0.717) is 5.41 Å². The lowest BCUT2D eigenvalue weighted by atomic mass is 9.92. The summed E-state index contributed by atoms with van der Waals surface area (Å²) in [6.07, 6.45) is 4.66. The minimum atomic E-state index is 0.367. The van der Waals surface area contributed by atoms with E-state index in [4.69, 9.17) is 0 Å². The number of anilines is 1. The molecule has 0 amide bonds. The van der Waals surface area contributed by atoms with E-state index in [9.17, 15) is 0 Å². The van der Waals surface area contributed by atoms with E-state index in [1.54, 1.807) is 11.3 Å². The van der Waals surface area contributed by atoms with Gasteiger partial charge in [0.1, 0.15) is 0 Å². The second-order valence-corrected chi connectivity index (χ2v) is 7.77. The summed E-state index contributed by atoms with van der Waals surface area (Å²) in [6, 6.07) is 0.816. The summed E-state index contributed by atoms with van der Waals surface area (Å²) in [6.45, 7) is 11.6. The molecule has 1 saturated heterocycles. The monoisotopic (exact) mass is 294 g/mol. The van der Waals surface area contributed by atoms with Gasteiger partial charge in [0.25, 0.3) is 0 Å². The Balaban J connectivity index is 1.43. The highest BCUT2D eigenvalue weighted by Crippen LogP contribution is 2.24. The van der Waals surface area contributed by atoms with Gasteiger partial charge in [-0.1, -0.05) is 13.8 Å². The third-order valence-corrected chi connectivity index (χ3v) is 4.99. The highest BCUT2D eigenvalue weighted by atomic mass is 32.1. The molecule has 20 heavy (non-hydrogen) atoms. The zero-order valence-corrected chi connectivity index (χ0v) is 13.5. The minimum Gasteiger partial charge on any atom is -0.346 e. The molecule has 1 aliphatic heterocycles. The Labute approximate surface area is 126 Å². The second-order valence-electron chi connectivity index (χ2n) is 6.90. The summed E-state index contributed by atoms with van der Waals surface area (Å²) in [5.41, 5.74) is 0.367. The number of rotatable bonds is 6. The van der Waals surface area contributed by atoms with E-state index >= 15 is 0 Å². The van der Waals surface area contributed by atoms with Crippen molar-refractivity contribution in [1.82, 2.24) is 15.2 Å². The van der Waals surface area contributed by atoms with E-state index in [1.165, 1.54) is 24.5 Å². The second kappa shape index (κ2) is 6.00. The summed E-state index contributed by atoms with van der Waals surface area (Å²) in [5.74, 6) is 0. The van der Waals surface area contributed by atoms with Gasteiger partial charge in [-0.2, -0.15) is 0 Å². The van der Waals surface area contributed by atoms with Crippen LogP contribution in [0.3, 0.4) is 0 Å². The van der Waals surface area contributed by atoms with Gasteiger partial charge in [-0.3, -0.25) is 4.90 Å². The Hall–Kier alpha value is -0.650. The van der Waals surface area contributed by atoms with Gasteiger partial charge in [-0.05, 0) is 18.3 Å². The zero-order valence-electron chi connectivity index (χ0n) is 12.6. The van der Waals surface area contributed by atoms with Gasteiger partial charge < -0.3 is 10.2 Å². The van der Waals surface area contributed by atoms with Crippen molar-refractivity contribution >= 4 is 16.5 Å². The molecule has 0 aromatic carbocycles. The van der Waals surface area contributed by atoms with Crippen LogP contribution in [0, 0.1) is 5.41 Å². The zero-order chi connectivity index (χ0) is 14.0. The Bertz CT molecular complexity index is 406. The Kier molecular flexibility index (Phi) is 4.29. The number of nitrogens with zero attached hydrogens (tertiary/aromatic N) is 3. The standard InChI is InChI=1S/C15H26N4S/c1-15(2,11-17-13-3-4-13)12-18-6-8-19(9-7-18)14-16-5-10-20-14/h5,10,13,17H,3-4,6-9,11-12H2,1-2H3. The van der Waals surface area contributed by atoms with Gasteiger partial charge in [-0.25, -0.2) is 4.98 Å². The smallest absolute Gasteiger partial charge is 0.185 e. The molecule has 2 heterocycles. The normalized spacial score (nSPS) is 21.4. The van der Waals surface area contributed by atoms with Gasteiger partial charge >= 0.3 is 0 Å². The molecule has 5 heteroatoms. The van der Waals surface area contributed by atoms with Gasteiger partial charge in [0, 0.05) is 56.9 Å². The number of thiazole rings is 1. The molecule has 0 spiro atoms. The van der Waals surface area contributed by atoms with E-state index in [2.05, 4.69) is 39.3 Å². The maximum atomic E-state index is 4.41. The van der Waals surface area contributed by atoms with Crippen molar-refractivity contribution in [3.8, 4) is 0 Å². The molecule has 4 nitrogen and oxygen atoms in total. The van der Waals surface area contributed by atoms with Crippen molar-refractivity contribution in [3.63, 3.8) is 0 Å². The van der Waals surface area contributed by atoms with Crippen LogP contribution >= 0.6 is 11.3 Å². The molecule has 1 aliphatic carbocycles. The van der Waals surface area contributed by atoms with Crippen LogP contribution in [0.5, 0.6) is 0 Å². The molecule has 112 valence electrons. The van der Waals surface area contributed by atoms with Crippen LogP contribution in [0.1, 0.15) is 26.7 Å². The lowest BCUT2D eigenvalue weighted by Gasteiger charge is -2.39. The molecule has 0 atom stereocenters. The van der Waals surface area contributed by atoms with Crippen LogP contribution in [0.2, 0.25) is 0 Å². The topological polar surface area (TPSA) is 31.4 Å². The molecule has 0 bridgehead atoms. The van der Waals surface area contributed by atoms with Crippen molar-refractivity contribution < 1.29 is 0 Å². The van der Waals surface area contributed by atoms with E-state index in [-0.39, 0.29) is 0 Å². The van der Waals surface area contributed by atoms with Gasteiger partial charge in [-0.15, -0.1) is 11.3 Å². The maximum absolute atomic E-state index is 4.41. The first-order chi connectivity index (χ1) is 9.62. The number of aromatic nitrogens is 1. The summed E-state index contributed by atoms with van der Waals surface area (Å²) >= 11 is 1.75. The number of nitrogens with one attached hydrogen (secondary N) is 1. The van der Waals surface area contributed by atoms with Crippen LogP contribution in [0.15, 0.2) is 11.6 Å². The average molecular weight is 294 g/mol. The predicted octanol–water partition coefficient (Wildman–Crippen LogP) is 2.04. The molecule has 0 unspecified atom stereocenters. The fourth-order valence-corrected chi connectivity index (χ4v) is 3.54. The first kappa shape index (κ1) is 14.3. The van der Waals surface area contributed by atoms with E-state index in [0.717, 1.165) is 38.8 Å². The molecule has 1 aromatic heterocycles. The first-order valence-electron chi connectivity index (χ1n) is 7.73. The number of hydrogen-bond acceptors (Lipinski definition) is 5. The van der Waals surface area contributed by atoms with Crippen molar-refractivity contribution in [2.24, 2.45) is 5.41 Å². The molecule has 3 rings (SSSR count). The molecule has 1 N–H and O–H groups in total. The number of piperazine rings is 1.